The summed E-state index contributed by atoms with van der Waals surface area (Å²) in [5, 5.41) is 17.7. The highest BCUT2D eigenvalue weighted by Gasteiger charge is 2.27. The number of aromatic nitrogens is 3. The molecule has 0 bridgehead atoms. The molecule has 0 radical (unpaired) electrons. The van der Waals surface area contributed by atoms with E-state index in [0.29, 0.717) is 10.6 Å². The van der Waals surface area contributed by atoms with Gasteiger partial charge >= 0.3 is 6.09 Å². The third-order valence-corrected chi connectivity index (χ3v) is 5.04. The van der Waals surface area contributed by atoms with Crippen LogP contribution in [0.15, 0.2) is 30.3 Å². The molecule has 0 saturated heterocycles. The van der Waals surface area contributed by atoms with E-state index < -0.39 is 6.09 Å². The normalized spacial score (nSPS) is 12.5. The second-order valence-electron chi connectivity index (χ2n) is 4.80. The fraction of sp³-hybridized carbons (Fsp3) is 0.214. The van der Waals surface area contributed by atoms with Crippen molar-refractivity contribution in [3.8, 4) is 0 Å². The number of hydrogen-bond donors (Lipinski definition) is 1. The molecular weight excluding hydrogens is 324 g/mol. The molecular formula is C14H13ClN4O2S. The summed E-state index contributed by atoms with van der Waals surface area (Å²) in [6.07, 6.45) is -1.01. The maximum absolute atomic E-state index is 11.7. The summed E-state index contributed by atoms with van der Waals surface area (Å²) in [6, 6.07) is 8.66. The number of rotatable bonds is 3. The summed E-state index contributed by atoms with van der Waals surface area (Å²) >= 11 is 7.41. The lowest BCUT2D eigenvalue weighted by Crippen LogP contribution is -2.32. The molecule has 1 N–H and O–H groups in total. The van der Waals surface area contributed by atoms with Crippen molar-refractivity contribution in [3.63, 3.8) is 0 Å². The van der Waals surface area contributed by atoms with Gasteiger partial charge in [0.2, 0.25) is 10.2 Å². The van der Waals surface area contributed by atoms with Crippen molar-refractivity contribution in [2.45, 2.75) is 19.9 Å². The lowest BCUT2D eigenvalue weighted by molar-refractivity contribution is 0.199. The number of halogens is 1. The summed E-state index contributed by atoms with van der Waals surface area (Å²) in [5.41, 5.74) is 1.47. The van der Waals surface area contributed by atoms with Crippen molar-refractivity contribution in [3.05, 3.63) is 46.2 Å². The van der Waals surface area contributed by atoms with Crippen molar-refractivity contribution in [1.29, 1.82) is 0 Å². The number of fused-ring (bicyclic) bond motifs is 1. The van der Waals surface area contributed by atoms with E-state index in [4.69, 9.17) is 11.6 Å². The standard InChI is InChI=1S/C14H13ClN4O2S/c1-8(18(14(20)21)10-6-4-3-5-7-10)11-9(2)19-12(15)16-17-13(19)22-11/h3-8H,1-2H3,(H,20,21). The molecule has 114 valence electrons. The molecule has 3 rings (SSSR count). The lowest BCUT2D eigenvalue weighted by atomic mass is 10.2. The van der Waals surface area contributed by atoms with E-state index in [1.54, 1.807) is 16.5 Å². The molecule has 0 spiro atoms. The zero-order valence-electron chi connectivity index (χ0n) is 11.9. The van der Waals surface area contributed by atoms with Crippen LogP contribution in [0.25, 0.3) is 4.96 Å². The Kier molecular flexibility index (Phi) is 3.76. The Morgan fingerprint density at radius 1 is 1.36 bits per heavy atom. The van der Waals surface area contributed by atoms with Crippen molar-refractivity contribution in [1.82, 2.24) is 14.6 Å². The second kappa shape index (κ2) is 5.58. The van der Waals surface area contributed by atoms with Gasteiger partial charge in [-0.3, -0.25) is 9.30 Å². The van der Waals surface area contributed by atoms with E-state index in [0.717, 1.165) is 10.6 Å². The highest BCUT2D eigenvalue weighted by Crippen LogP contribution is 2.35. The highest BCUT2D eigenvalue weighted by atomic mass is 35.5. The Labute approximate surface area is 135 Å². The molecule has 1 atom stereocenters. The molecule has 8 heteroatoms. The SMILES string of the molecule is Cc1c(C(C)N(C(=O)O)c2ccccc2)sc2nnc(Cl)n12. The minimum atomic E-state index is -1.01. The number of anilines is 1. The van der Waals surface area contributed by atoms with Crippen LogP contribution in [-0.4, -0.2) is 25.8 Å². The van der Waals surface area contributed by atoms with E-state index in [-0.39, 0.29) is 11.3 Å². The van der Waals surface area contributed by atoms with Crippen LogP contribution in [0.4, 0.5) is 10.5 Å². The van der Waals surface area contributed by atoms with Crippen molar-refractivity contribution >= 4 is 39.7 Å². The molecule has 2 heterocycles. The van der Waals surface area contributed by atoms with Crippen LogP contribution in [0, 0.1) is 6.92 Å². The Hall–Kier alpha value is -2.12. The van der Waals surface area contributed by atoms with Gasteiger partial charge in [-0.15, -0.1) is 10.2 Å². The van der Waals surface area contributed by atoms with Gasteiger partial charge in [-0.1, -0.05) is 29.5 Å². The minimum Gasteiger partial charge on any atom is -0.465 e. The first-order valence-electron chi connectivity index (χ1n) is 6.58. The quantitative estimate of drug-likeness (QED) is 0.784. The van der Waals surface area contributed by atoms with Crippen molar-refractivity contribution < 1.29 is 9.90 Å². The largest absolute Gasteiger partial charge is 0.465 e. The fourth-order valence-electron chi connectivity index (χ4n) is 2.48. The van der Waals surface area contributed by atoms with Gasteiger partial charge in [0.25, 0.3) is 0 Å². The maximum Gasteiger partial charge on any atom is 0.412 e. The van der Waals surface area contributed by atoms with Gasteiger partial charge in [0.05, 0.1) is 10.9 Å². The molecule has 2 aromatic heterocycles. The third-order valence-electron chi connectivity index (χ3n) is 3.49. The Morgan fingerprint density at radius 2 is 2.05 bits per heavy atom. The average Bonchev–Trinajstić information content (AvgIpc) is 3.01. The summed E-state index contributed by atoms with van der Waals surface area (Å²) in [7, 11) is 0. The maximum atomic E-state index is 11.7. The molecule has 3 aromatic rings. The first-order valence-corrected chi connectivity index (χ1v) is 7.77. The molecule has 1 amide bonds. The zero-order valence-corrected chi connectivity index (χ0v) is 13.5. The van der Waals surface area contributed by atoms with Gasteiger partial charge in [-0.05, 0) is 37.6 Å². The lowest BCUT2D eigenvalue weighted by Gasteiger charge is -2.26. The van der Waals surface area contributed by atoms with Gasteiger partial charge in [-0.2, -0.15) is 0 Å². The van der Waals surface area contributed by atoms with Crippen LogP contribution in [-0.2, 0) is 0 Å². The van der Waals surface area contributed by atoms with Crippen LogP contribution in [0.2, 0.25) is 5.28 Å². The molecule has 1 aromatic carbocycles. The zero-order chi connectivity index (χ0) is 15.9. The average molecular weight is 337 g/mol. The predicted molar refractivity (Wildman–Crippen MR) is 86.0 cm³/mol. The van der Waals surface area contributed by atoms with E-state index in [2.05, 4.69) is 10.2 Å². The molecule has 6 nitrogen and oxygen atoms in total. The number of nitrogens with zero attached hydrogens (tertiary/aromatic N) is 4. The molecule has 22 heavy (non-hydrogen) atoms. The highest BCUT2D eigenvalue weighted by molar-refractivity contribution is 7.17. The van der Waals surface area contributed by atoms with Gasteiger partial charge in [0.1, 0.15) is 0 Å². The molecule has 1 unspecified atom stereocenters. The Morgan fingerprint density at radius 3 is 2.64 bits per heavy atom. The van der Waals surface area contributed by atoms with E-state index >= 15 is 0 Å². The molecule has 0 aliphatic rings. The molecule has 0 saturated carbocycles. The number of carboxylic acid groups (broad SMARTS) is 1. The van der Waals surface area contributed by atoms with Crippen LogP contribution >= 0.6 is 22.9 Å². The second-order valence-corrected chi connectivity index (χ2v) is 6.15. The molecule has 0 fully saturated rings. The minimum absolute atomic E-state index is 0.281. The van der Waals surface area contributed by atoms with Gasteiger partial charge in [-0.25, -0.2) is 4.79 Å². The van der Waals surface area contributed by atoms with Gasteiger partial charge in [0, 0.05) is 11.4 Å². The summed E-state index contributed by atoms with van der Waals surface area (Å²) in [6.45, 7) is 3.73. The van der Waals surface area contributed by atoms with E-state index in [9.17, 15) is 9.90 Å². The monoisotopic (exact) mass is 336 g/mol. The number of benzene rings is 1. The van der Waals surface area contributed by atoms with Gasteiger partial charge in [0.15, 0.2) is 0 Å². The number of hydrogen-bond acceptors (Lipinski definition) is 4. The Bertz CT molecular complexity index is 830. The number of thiazole rings is 1. The summed E-state index contributed by atoms with van der Waals surface area (Å²) in [4.78, 5) is 14.6. The van der Waals surface area contributed by atoms with E-state index in [1.165, 1.54) is 16.2 Å². The molecule has 0 aliphatic heterocycles. The van der Waals surface area contributed by atoms with Crippen LogP contribution in [0.5, 0.6) is 0 Å². The van der Waals surface area contributed by atoms with Crippen molar-refractivity contribution in [2.24, 2.45) is 0 Å². The Balaban J connectivity index is 2.08. The molecule has 0 aliphatic carbocycles. The van der Waals surface area contributed by atoms with Crippen LogP contribution in [0.3, 0.4) is 0 Å². The third kappa shape index (κ3) is 2.32. The number of carbonyl (C=O) groups is 1. The van der Waals surface area contributed by atoms with Crippen molar-refractivity contribution in [2.75, 3.05) is 4.90 Å². The van der Waals surface area contributed by atoms with Gasteiger partial charge < -0.3 is 5.11 Å². The number of amides is 1. The van der Waals surface area contributed by atoms with Crippen LogP contribution in [0.1, 0.15) is 23.5 Å². The van der Waals surface area contributed by atoms with Crippen LogP contribution < -0.4 is 4.90 Å². The fourth-order valence-corrected chi connectivity index (χ4v) is 3.88. The summed E-state index contributed by atoms with van der Waals surface area (Å²) < 4.78 is 1.73. The number of para-hydroxylation sites is 1. The topological polar surface area (TPSA) is 70.7 Å². The predicted octanol–water partition coefficient (Wildman–Crippen LogP) is 4.00. The first kappa shape index (κ1) is 14.8. The smallest absolute Gasteiger partial charge is 0.412 e. The van der Waals surface area contributed by atoms with E-state index in [1.807, 2.05) is 32.0 Å². The summed E-state index contributed by atoms with van der Waals surface area (Å²) in [5.74, 6) is 0. The number of aryl methyl sites for hydroxylation is 1. The first-order chi connectivity index (χ1) is 10.5.